The first-order valence-electron chi connectivity index (χ1n) is 11.6. The lowest BCUT2D eigenvalue weighted by Gasteiger charge is -2.36. The summed E-state index contributed by atoms with van der Waals surface area (Å²) in [6.45, 7) is 13.4. The lowest BCUT2D eigenvalue weighted by Crippen LogP contribution is -2.48. The molecule has 2 saturated heterocycles. The van der Waals surface area contributed by atoms with Gasteiger partial charge in [-0.15, -0.1) is 0 Å². The molecule has 6 heteroatoms. The van der Waals surface area contributed by atoms with Crippen molar-refractivity contribution >= 4 is 0 Å². The van der Waals surface area contributed by atoms with E-state index in [0.717, 1.165) is 65.4 Å². The first-order chi connectivity index (χ1) is 15.1. The monoisotopic (exact) mass is 424 g/mol. The summed E-state index contributed by atoms with van der Waals surface area (Å²) in [4.78, 5) is 10.2. The van der Waals surface area contributed by atoms with Gasteiger partial charge in [-0.25, -0.2) is 0 Å². The number of piperazine rings is 2. The number of hydrogen-bond donors (Lipinski definition) is 2. The molecule has 2 aliphatic rings. The number of nitrogens with zero attached hydrogens (tertiary/aromatic N) is 4. The topological polar surface area (TPSA) is 53.4 Å². The van der Waals surface area contributed by atoms with Crippen molar-refractivity contribution in [3.05, 3.63) is 59.7 Å². The van der Waals surface area contributed by atoms with Crippen LogP contribution in [0.15, 0.2) is 48.5 Å². The Balaban J connectivity index is 1.08. The van der Waals surface area contributed by atoms with Crippen molar-refractivity contribution < 1.29 is 10.2 Å². The molecule has 0 atom stereocenters. The first kappa shape index (κ1) is 22.1. The van der Waals surface area contributed by atoms with Crippen molar-refractivity contribution in [2.75, 3.05) is 65.4 Å². The third kappa shape index (κ3) is 6.94. The van der Waals surface area contributed by atoms with Gasteiger partial charge in [-0.2, -0.15) is 0 Å². The fraction of sp³-hybridized carbons (Fsp3) is 0.520. The summed E-state index contributed by atoms with van der Waals surface area (Å²) in [5.41, 5.74) is 2.55. The van der Waals surface area contributed by atoms with Gasteiger partial charge in [0.25, 0.3) is 0 Å². The van der Waals surface area contributed by atoms with Gasteiger partial charge < -0.3 is 20.0 Å². The minimum Gasteiger partial charge on any atom is -0.508 e. The molecule has 2 aromatic rings. The van der Waals surface area contributed by atoms with Crippen molar-refractivity contribution in [3.8, 4) is 11.5 Å². The highest BCUT2D eigenvalue weighted by Gasteiger charge is 2.19. The lowest BCUT2D eigenvalue weighted by molar-refractivity contribution is 0.106. The molecule has 0 spiro atoms. The number of aromatic hydroxyl groups is 2. The molecule has 6 nitrogen and oxygen atoms in total. The molecule has 2 aromatic carbocycles. The lowest BCUT2D eigenvalue weighted by atomic mass is 10.2. The maximum absolute atomic E-state index is 9.42. The van der Waals surface area contributed by atoms with Crippen LogP contribution in [0.1, 0.15) is 17.5 Å². The zero-order chi connectivity index (χ0) is 21.5. The van der Waals surface area contributed by atoms with Crippen molar-refractivity contribution in [1.82, 2.24) is 19.6 Å². The third-order valence-corrected chi connectivity index (χ3v) is 6.56. The Kier molecular flexibility index (Phi) is 7.81. The first-order valence-corrected chi connectivity index (χ1v) is 11.6. The molecule has 0 radical (unpaired) electrons. The minimum atomic E-state index is 0.340. The summed E-state index contributed by atoms with van der Waals surface area (Å²) in [7, 11) is 0. The Morgan fingerprint density at radius 1 is 0.484 bits per heavy atom. The summed E-state index contributed by atoms with van der Waals surface area (Å²) >= 11 is 0. The summed E-state index contributed by atoms with van der Waals surface area (Å²) in [5.74, 6) is 0.680. The number of phenolic OH excluding ortho intramolecular Hbond substituents is 2. The molecule has 31 heavy (non-hydrogen) atoms. The summed E-state index contributed by atoms with van der Waals surface area (Å²) in [6, 6.07) is 15.2. The maximum atomic E-state index is 9.42. The van der Waals surface area contributed by atoms with E-state index in [-0.39, 0.29) is 0 Å². The smallest absolute Gasteiger partial charge is 0.115 e. The van der Waals surface area contributed by atoms with Gasteiger partial charge in [-0.1, -0.05) is 24.3 Å². The van der Waals surface area contributed by atoms with Gasteiger partial charge in [-0.3, -0.25) is 9.80 Å². The van der Waals surface area contributed by atoms with Crippen LogP contribution >= 0.6 is 0 Å². The molecular formula is C25H36N4O2. The van der Waals surface area contributed by atoms with Gasteiger partial charge in [0.05, 0.1) is 0 Å². The van der Waals surface area contributed by atoms with Gasteiger partial charge in [0.1, 0.15) is 11.5 Å². The largest absolute Gasteiger partial charge is 0.508 e. The predicted octanol–water partition coefficient (Wildman–Crippen LogP) is 2.42. The molecule has 2 N–H and O–H groups in total. The van der Waals surface area contributed by atoms with Crippen LogP contribution in [0, 0.1) is 0 Å². The summed E-state index contributed by atoms with van der Waals surface area (Å²) in [5, 5.41) is 18.8. The quantitative estimate of drug-likeness (QED) is 0.679. The number of phenols is 2. The van der Waals surface area contributed by atoms with E-state index in [1.807, 2.05) is 24.3 Å². The van der Waals surface area contributed by atoms with E-state index in [4.69, 9.17) is 0 Å². The van der Waals surface area contributed by atoms with E-state index in [9.17, 15) is 10.2 Å². The fourth-order valence-electron chi connectivity index (χ4n) is 4.58. The van der Waals surface area contributed by atoms with E-state index in [1.54, 1.807) is 24.3 Å². The highest BCUT2D eigenvalue weighted by atomic mass is 16.3. The second kappa shape index (κ2) is 11.0. The molecule has 2 heterocycles. The summed E-state index contributed by atoms with van der Waals surface area (Å²) < 4.78 is 0. The normalized spacial score (nSPS) is 19.6. The van der Waals surface area contributed by atoms with Gasteiger partial charge in [0, 0.05) is 65.4 Å². The average molecular weight is 425 g/mol. The highest BCUT2D eigenvalue weighted by Crippen LogP contribution is 2.15. The SMILES string of the molecule is Oc1ccc(CN2CCN(CCCN3CCN(Cc4ccc(O)cc4)CC3)CC2)cc1. The van der Waals surface area contributed by atoms with Gasteiger partial charge >= 0.3 is 0 Å². The Bertz CT molecular complexity index is 713. The van der Waals surface area contributed by atoms with E-state index in [2.05, 4.69) is 19.6 Å². The number of hydrogen-bond acceptors (Lipinski definition) is 6. The van der Waals surface area contributed by atoms with Crippen LogP contribution in [0.4, 0.5) is 0 Å². The van der Waals surface area contributed by atoms with Crippen LogP contribution in [0.2, 0.25) is 0 Å². The van der Waals surface area contributed by atoms with E-state index >= 15 is 0 Å². The summed E-state index contributed by atoms with van der Waals surface area (Å²) in [6.07, 6.45) is 1.25. The van der Waals surface area contributed by atoms with Crippen LogP contribution in [0.5, 0.6) is 11.5 Å². The molecule has 0 bridgehead atoms. The number of rotatable bonds is 8. The van der Waals surface area contributed by atoms with E-state index in [1.165, 1.54) is 30.6 Å². The van der Waals surface area contributed by atoms with Crippen molar-refractivity contribution in [1.29, 1.82) is 0 Å². The van der Waals surface area contributed by atoms with Crippen LogP contribution in [0.3, 0.4) is 0 Å². The molecule has 2 aliphatic heterocycles. The van der Waals surface area contributed by atoms with Crippen LogP contribution in [-0.2, 0) is 13.1 Å². The predicted molar refractivity (Wildman–Crippen MR) is 124 cm³/mol. The average Bonchev–Trinajstić information content (AvgIpc) is 2.79. The molecule has 0 amide bonds. The number of benzene rings is 2. The highest BCUT2D eigenvalue weighted by molar-refractivity contribution is 5.26. The Morgan fingerprint density at radius 2 is 0.806 bits per heavy atom. The van der Waals surface area contributed by atoms with Crippen molar-refractivity contribution in [2.45, 2.75) is 19.5 Å². The Hall–Kier alpha value is -2.12. The van der Waals surface area contributed by atoms with E-state index in [0.29, 0.717) is 11.5 Å². The molecule has 2 fully saturated rings. The van der Waals surface area contributed by atoms with E-state index < -0.39 is 0 Å². The molecule has 0 unspecified atom stereocenters. The van der Waals surface area contributed by atoms with Gasteiger partial charge in [-0.05, 0) is 54.9 Å². The second-order valence-electron chi connectivity index (χ2n) is 8.92. The molecule has 4 rings (SSSR count). The Morgan fingerprint density at radius 3 is 1.16 bits per heavy atom. The zero-order valence-corrected chi connectivity index (χ0v) is 18.5. The van der Waals surface area contributed by atoms with Crippen molar-refractivity contribution in [2.24, 2.45) is 0 Å². The van der Waals surface area contributed by atoms with Crippen molar-refractivity contribution in [3.63, 3.8) is 0 Å². The maximum Gasteiger partial charge on any atom is 0.115 e. The second-order valence-corrected chi connectivity index (χ2v) is 8.92. The molecule has 0 aliphatic carbocycles. The third-order valence-electron chi connectivity index (χ3n) is 6.56. The molecule has 0 aromatic heterocycles. The van der Waals surface area contributed by atoms with Crippen LogP contribution in [-0.4, -0.2) is 95.3 Å². The fourth-order valence-corrected chi connectivity index (χ4v) is 4.58. The van der Waals surface area contributed by atoms with Gasteiger partial charge in [0.2, 0.25) is 0 Å². The molecular weight excluding hydrogens is 388 g/mol. The molecule has 168 valence electrons. The standard InChI is InChI=1S/C25H36N4O2/c30-24-6-2-22(3-7-24)20-28-16-12-26(13-17-28)10-1-11-27-14-18-29(19-15-27)21-23-4-8-25(31)9-5-23/h2-9,30-31H,1,10-21H2. The van der Waals surface area contributed by atoms with Gasteiger partial charge in [0.15, 0.2) is 0 Å². The minimum absolute atomic E-state index is 0.340. The zero-order valence-electron chi connectivity index (χ0n) is 18.5. The molecule has 0 saturated carbocycles. The Labute approximate surface area is 186 Å². The van der Waals surface area contributed by atoms with Crippen LogP contribution < -0.4 is 0 Å². The van der Waals surface area contributed by atoms with Crippen LogP contribution in [0.25, 0.3) is 0 Å².